The van der Waals surface area contributed by atoms with E-state index >= 15 is 0 Å². The SMILES string of the molecule is C=CCN(CCNc1cc(C=O)ccc1CC1CCCCCC1)Cc1ccccc1. The second kappa shape index (κ2) is 12.3. The third-order valence-electron chi connectivity index (χ3n) is 6.13. The number of hydrogen-bond acceptors (Lipinski definition) is 3. The smallest absolute Gasteiger partial charge is 0.150 e. The van der Waals surface area contributed by atoms with E-state index < -0.39 is 0 Å². The molecule has 1 N–H and O–H groups in total. The summed E-state index contributed by atoms with van der Waals surface area (Å²) in [6, 6.07) is 16.7. The molecule has 1 aliphatic rings. The van der Waals surface area contributed by atoms with Crippen molar-refractivity contribution in [1.82, 2.24) is 4.90 Å². The lowest BCUT2D eigenvalue weighted by Gasteiger charge is -2.23. The predicted molar refractivity (Wildman–Crippen MR) is 127 cm³/mol. The standard InChI is InChI=1S/C27H36N2O/c1-2-17-29(21-24-12-8-5-9-13-24)18-16-28-27-20-25(22-30)14-15-26(27)19-23-10-6-3-4-7-11-23/h2,5,8-9,12-15,20,22-23,28H,1,3-4,6-7,10-11,16-19,21H2. The molecule has 0 amide bonds. The quantitative estimate of drug-likeness (QED) is 0.278. The Morgan fingerprint density at radius 3 is 2.50 bits per heavy atom. The third kappa shape index (κ3) is 7.14. The van der Waals surface area contributed by atoms with Gasteiger partial charge >= 0.3 is 0 Å². The van der Waals surface area contributed by atoms with Crippen molar-refractivity contribution >= 4 is 12.0 Å². The summed E-state index contributed by atoms with van der Waals surface area (Å²) in [5.41, 5.74) is 4.54. The van der Waals surface area contributed by atoms with Gasteiger partial charge in [0.15, 0.2) is 0 Å². The van der Waals surface area contributed by atoms with Crippen LogP contribution in [0.1, 0.15) is 60.0 Å². The molecule has 2 aromatic rings. The Kier molecular flexibility index (Phi) is 9.17. The van der Waals surface area contributed by atoms with Crippen molar-refractivity contribution in [3.05, 3.63) is 77.9 Å². The van der Waals surface area contributed by atoms with Crippen molar-refractivity contribution in [2.75, 3.05) is 25.0 Å². The van der Waals surface area contributed by atoms with Crippen molar-refractivity contribution in [2.45, 2.75) is 51.5 Å². The highest BCUT2D eigenvalue weighted by molar-refractivity contribution is 5.77. The first kappa shape index (κ1) is 22.3. The Morgan fingerprint density at radius 2 is 1.80 bits per heavy atom. The number of rotatable bonds is 11. The fraction of sp³-hybridized carbons (Fsp3) is 0.444. The van der Waals surface area contributed by atoms with Crippen LogP contribution in [0.25, 0.3) is 0 Å². The molecule has 0 spiro atoms. The van der Waals surface area contributed by atoms with E-state index in [4.69, 9.17) is 0 Å². The van der Waals surface area contributed by atoms with Gasteiger partial charge in [0.1, 0.15) is 6.29 Å². The summed E-state index contributed by atoms with van der Waals surface area (Å²) in [7, 11) is 0. The van der Waals surface area contributed by atoms with E-state index in [1.54, 1.807) is 0 Å². The highest BCUT2D eigenvalue weighted by Gasteiger charge is 2.15. The zero-order chi connectivity index (χ0) is 21.0. The first-order valence-corrected chi connectivity index (χ1v) is 11.5. The third-order valence-corrected chi connectivity index (χ3v) is 6.13. The van der Waals surface area contributed by atoms with Crippen LogP contribution in [0.3, 0.4) is 0 Å². The van der Waals surface area contributed by atoms with E-state index in [0.717, 1.165) is 56.1 Å². The second-order valence-corrected chi connectivity index (χ2v) is 8.53. The molecule has 3 rings (SSSR count). The molecule has 160 valence electrons. The summed E-state index contributed by atoms with van der Waals surface area (Å²) in [5, 5.41) is 3.63. The summed E-state index contributed by atoms with van der Waals surface area (Å²) in [5.74, 6) is 0.769. The van der Waals surface area contributed by atoms with Crippen molar-refractivity contribution < 1.29 is 4.79 Å². The zero-order valence-electron chi connectivity index (χ0n) is 18.2. The van der Waals surface area contributed by atoms with Crippen molar-refractivity contribution in [3.8, 4) is 0 Å². The predicted octanol–water partition coefficient (Wildman–Crippen LogP) is 6.11. The van der Waals surface area contributed by atoms with Crippen LogP contribution >= 0.6 is 0 Å². The molecule has 2 aromatic carbocycles. The summed E-state index contributed by atoms with van der Waals surface area (Å²) < 4.78 is 0. The summed E-state index contributed by atoms with van der Waals surface area (Å²) in [6.07, 6.45) is 12.2. The monoisotopic (exact) mass is 404 g/mol. The Bertz CT molecular complexity index is 779. The number of hydrogen-bond donors (Lipinski definition) is 1. The van der Waals surface area contributed by atoms with Gasteiger partial charge in [-0.25, -0.2) is 0 Å². The first-order chi connectivity index (χ1) is 14.8. The van der Waals surface area contributed by atoms with E-state index in [1.807, 2.05) is 18.2 Å². The molecule has 1 fully saturated rings. The van der Waals surface area contributed by atoms with Gasteiger partial charge in [0.25, 0.3) is 0 Å². The van der Waals surface area contributed by atoms with Gasteiger partial charge in [0, 0.05) is 37.4 Å². The van der Waals surface area contributed by atoms with Gasteiger partial charge in [-0.15, -0.1) is 6.58 Å². The average molecular weight is 405 g/mol. The maximum atomic E-state index is 11.3. The first-order valence-electron chi connectivity index (χ1n) is 11.5. The summed E-state index contributed by atoms with van der Waals surface area (Å²) in [4.78, 5) is 13.7. The number of nitrogens with zero attached hydrogens (tertiary/aromatic N) is 1. The van der Waals surface area contributed by atoms with Crippen molar-refractivity contribution in [2.24, 2.45) is 5.92 Å². The van der Waals surface area contributed by atoms with Gasteiger partial charge in [-0.05, 0) is 29.5 Å². The summed E-state index contributed by atoms with van der Waals surface area (Å²) in [6.45, 7) is 7.47. The van der Waals surface area contributed by atoms with Crippen LogP contribution in [0, 0.1) is 5.92 Å². The van der Waals surface area contributed by atoms with Gasteiger partial charge in [-0.1, -0.05) is 87.1 Å². The minimum absolute atomic E-state index is 0.745. The lowest BCUT2D eigenvalue weighted by atomic mass is 9.91. The Labute approximate surface area is 182 Å². The molecule has 0 radical (unpaired) electrons. The number of anilines is 1. The average Bonchev–Trinajstić information content (AvgIpc) is 3.04. The van der Waals surface area contributed by atoms with Crippen LogP contribution in [0.5, 0.6) is 0 Å². The van der Waals surface area contributed by atoms with E-state index in [0.29, 0.717) is 0 Å². The molecule has 30 heavy (non-hydrogen) atoms. The second-order valence-electron chi connectivity index (χ2n) is 8.53. The molecular formula is C27H36N2O. The van der Waals surface area contributed by atoms with E-state index in [2.05, 4.69) is 53.2 Å². The fourth-order valence-corrected chi connectivity index (χ4v) is 4.50. The minimum Gasteiger partial charge on any atom is -0.384 e. The normalized spacial score (nSPS) is 15.0. The number of benzene rings is 2. The van der Waals surface area contributed by atoms with E-state index in [1.165, 1.54) is 49.7 Å². The molecule has 1 aliphatic carbocycles. The molecule has 1 saturated carbocycles. The van der Waals surface area contributed by atoms with Gasteiger partial charge < -0.3 is 5.32 Å². The lowest BCUT2D eigenvalue weighted by molar-refractivity contribution is 0.112. The van der Waals surface area contributed by atoms with E-state index in [-0.39, 0.29) is 0 Å². The molecule has 0 unspecified atom stereocenters. The zero-order valence-corrected chi connectivity index (χ0v) is 18.2. The molecule has 0 aliphatic heterocycles. The fourth-order valence-electron chi connectivity index (χ4n) is 4.50. The van der Waals surface area contributed by atoms with Gasteiger partial charge in [-0.2, -0.15) is 0 Å². The van der Waals surface area contributed by atoms with Crippen LogP contribution in [-0.4, -0.2) is 30.8 Å². The highest BCUT2D eigenvalue weighted by atomic mass is 16.1. The maximum Gasteiger partial charge on any atom is 0.150 e. The van der Waals surface area contributed by atoms with Crippen LogP contribution in [0.4, 0.5) is 5.69 Å². The van der Waals surface area contributed by atoms with Crippen LogP contribution in [0.2, 0.25) is 0 Å². The molecule has 0 atom stereocenters. The Balaban J connectivity index is 1.61. The van der Waals surface area contributed by atoms with Crippen molar-refractivity contribution in [3.63, 3.8) is 0 Å². The van der Waals surface area contributed by atoms with Gasteiger partial charge in [0.2, 0.25) is 0 Å². The van der Waals surface area contributed by atoms with Crippen LogP contribution < -0.4 is 5.32 Å². The topological polar surface area (TPSA) is 32.3 Å². The molecule has 3 nitrogen and oxygen atoms in total. The number of carbonyl (C=O) groups is 1. The lowest BCUT2D eigenvalue weighted by Crippen LogP contribution is -2.29. The summed E-state index contributed by atoms with van der Waals surface area (Å²) >= 11 is 0. The minimum atomic E-state index is 0.745. The van der Waals surface area contributed by atoms with Gasteiger partial charge in [-0.3, -0.25) is 9.69 Å². The molecule has 0 heterocycles. The highest BCUT2D eigenvalue weighted by Crippen LogP contribution is 2.29. The van der Waals surface area contributed by atoms with E-state index in [9.17, 15) is 4.79 Å². The number of nitrogens with one attached hydrogen (secondary N) is 1. The number of aldehydes is 1. The van der Waals surface area contributed by atoms with Crippen LogP contribution in [0.15, 0.2) is 61.2 Å². The van der Waals surface area contributed by atoms with Crippen molar-refractivity contribution in [1.29, 1.82) is 0 Å². The Hall–Kier alpha value is -2.39. The largest absolute Gasteiger partial charge is 0.384 e. The Morgan fingerprint density at radius 1 is 1.03 bits per heavy atom. The van der Waals surface area contributed by atoms with Gasteiger partial charge in [0.05, 0.1) is 0 Å². The molecule has 0 saturated heterocycles. The molecular weight excluding hydrogens is 368 g/mol. The number of carbonyl (C=O) groups excluding carboxylic acids is 1. The van der Waals surface area contributed by atoms with Crippen LogP contribution in [-0.2, 0) is 13.0 Å². The maximum absolute atomic E-state index is 11.3. The molecule has 0 aromatic heterocycles. The molecule has 3 heteroatoms. The molecule has 0 bridgehead atoms.